The molecule has 0 unspecified atom stereocenters. The molecule has 1 aliphatic carbocycles. The molecule has 3 atom stereocenters. The van der Waals surface area contributed by atoms with Gasteiger partial charge in [-0.15, -0.1) is 0 Å². The fourth-order valence-corrected chi connectivity index (χ4v) is 7.44. The third kappa shape index (κ3) is 7.28. The molecule has 1 aliphatic rings. The van der Waals surface area contributed by atoms with E-state index < -0.39 is 33.4 Å². The van der Waals surface area contributed by atoms with E-state index in [1.54, 1.807) is 31.2 Å². The first-order valence-electron chi connectivity index (χ1n) is 13.7. The van der Waals surface area contributed by atoms with Crippen molar-refractivity contribution in [2.75, 3.05) is 0 Å². The molecule has 40 heavy (non-hydrogen) atoms. The summed E-state index contributed by atoms with van der Waals surface area (Å²) >= 11 is 4.11. The Labute approximate surface area is 246 Å². The van der Waals surface area contributed by atoms with Crippen LogP contribution in [0.2, 0.25) is 5.02 Å². The average molecular weight is 601 g/mol. The summed E-state index contributed by atoms with van der Waals surface area (Å²) in [6.45, 7) is 5.73. The number of nitrogens with one attached hydrogen (secondary N) is 1. The summed E-state index contributed by atoms with van der Waals surface area (Å²) in [5.41, 5.74) is 3.36. The monoisotopic (exact) mass is 600 g/mol. The number of sulfonamides is 1. The van der Waals surface area contributed by atoms with E-state index in [4.69, 9.17) is 15.8 Å². The van der Waals surface area contributed by atoms with E-state index >= 15 is 0 Å². The normalized spacial score (nSPS) is 17.6. The molecule has 6 nitrogen and oxygen atoms in total. The Morgan fingerprint density at radius 3 is 2.27 bits per heavy atom. The molecule has 0 heterocycles. The van der Waals surface area contributed by atoms with Crippen LogP contribution < -0.4 is 4.72 Å². The van der Waals surface area contributed by atoms with Crippen LogP contribution in [0.3, 0.4) is 0 Å². The Kier molecular flexibility index (Phi) is 10.4. The van der Waals surface area contributed by atoms with Gasteiger partial charge in [0, 0.05) is 16.1 Å². The molecule has 0 saturated heterocycles. The topological polar surface area (TPSA) is 84.8 Å². The zero-order valence-electron chi connectivity index (χ0n) is 23.2. The number of rotatable bonds is 13. The lowest BCUT2D eigenvalue weighted by Gasteiger charge is -2.43. The molecule has 214 valence electrons. The minimum Gasteiger partial charge on any atom is -0.263 e. The van der Waals surface area contributed by atoms with Gasteiger partial charge >= 0.3 is 0 Å². The Hall–Kier alpha value is -2.36. The summed E-state index contributed by atoms with van der Waals surface area (Å²) in [6.07, 6.45) is 4.68. The van der Waals surface area contributed by atoms with Crippen LogP contribution in [0.25, 0.3) is 0 Å². The van der Waals surface area contributed by atoms with Crippen LogP contribution in [-0.4, -0.2) is 24.4 Å². The van der Waals surface area contributed by atoms with Crippen LogP contribution in [-0.2, 0) is 30.9 Å². The van der Waals surface area contributed by atoms with Crippen molar-refractivity contribution in [3.05, 3.63) is 101 Å². The molecule has 0 aliphatic heterocycles. The largest absolute Gasteiger partial charge is 0.285 e. The van der Waals surface area contributed by atoms with Crippen LogP contribution in [0.15, 0.2) is 88.2 Å². The molecule has 1 fully saturated rings. The van der Waals surface area contributed by atoms with Gasteiger partial charge in [-0.2, -0.15) is 4.40 Å². The van der Waals surface area contributed by atoms with Crippen molar-refractivity contribution in [1.82, 2.24) is 4.72 Å². The third-order valence-electron chi connectivity index (χ3n) is 7.55. The highest BCUT2D eigenvalue weighted by atomic mass is 35.5. The van der Waals surface area contributed by atoms with Crippen molar-refractivity contribution in [3.63, 3.8) is 0 Å². The van der Waals surface area contributed by atoms with Gasteiger partial charge in [-0.1, -0.05) is 91.5 Å². The van der Waals surface area contributed by atoms with Crippen LogP contribution >= 0.6 is 11.6 Å². The van der Waals surface area contributed by atoms with Gasteiger partial charge < -0.3 is 0 Å². The van der Waals surface area contributed by atoms with Crippen molar-refractivity contribution in [2.45, 2.75) is 81.8 Å². The Balaban J connectivity index is 1.62. The van der Waals surface area contributed by atoms with Crippen molar-refractivity contribution in [1.29, 1.82) is 0 Å². The SMILES string of the molecule is CCCCC(=N[S@](=O)O[C@@H](c1ccccc1)[C@@H](C)NS(=O)(=O)c1ccc(C)cc1)C1(c2ccc(Cl)cc2)CCC1. The molecular weight excluding hydrogens is 564 g/mol. The van der Waals surface area contributed by atoms with E-state index in [2.05, 4.69) is 16.0 Å². The maximum atomic E-state index is 13.6. The number of halogens is 1. The molecule has 0 aromatic heterocycles. The lowest BCUT2D eigenvalue weighted by atomic mass is 9.61. The van der Waals surface area contributed by atoms with Gasteiger partial charge in [0.15, 0.2) is 0 Å². The molecule has 1 N–H and O–H groups in total. The van der Waals surface area contributed by atoms with Crippen molar-refractivity contribution in [2.24, 2.45) is 4.40 Å². The highest BCUT2D eigenvalue weighted by molar-refractivity contribution is 7.89. The smallest absolute Gasteiger partial charge is 0.263 e. The van der Waals surface area contributed by atoms with E-state index in [1.165, 1.54) is 0 Å². The molecule has 9 heteroatoms. The number of benzene rings is 3. The summed E-state index contributed by atoms with van der Waals surface area (Å²) in [4.78, 5) is 0.160. The summed E-state index contributed by atoms with van der Waals surface area (Å²) < 4.78 is 53.3. The second-order valence-corrected chi connectivity index (χ2v) is 13.4. The van der Waals surface area contributed by atoms with E-state index in [0.29, 0.717) is 17.0 Å². The zero-order valence-corrected chi connectivity index (χ0v) is 25.6. The molecule has 0 radical (unpaired) electrons. The number of hydrogen-bond donors (Lipinski definition) is 1. The van der Waals surface area contributed by atoms with Gasteiger partial charge in [0.05, 0.1) is 10.9 Å². The van der Waals surface area contributed by atoms with Gasteiger partial charge in [-0.05, 0) is 74.9 Å². The summed E-state index contributed by atoms with van der Waals surface area (Å²) in [5.74, 6) is 0. The van der Waals surface area contributed by atoms with Crippen molar-refractivity contribution < 1.29 is 16.8 Å². The first-order valence-corrected chi connectivity index (χ1v) is 16.6. The summed E-state index contributed by atoms with van der Waals surface area (Å²) in [6, 6.07) is 23.0. The standard InChI is InChI=1S/C31H37ClN2O4S2/c1-4-5-12-29(31(21-9-22-31)26-15-17-27(32)18-16-26)33-39(35)38-30(25-10-7-6-8-11-25)24(3)34-40(36,37)28-19-13-23(2)14-20-28/h6-8,10-11,13-20,24,30,34H,4-5,9,12,21-22H2,1-3H3/t24-,30-,39-/m1/s1. The highest BCUT2D eigenvalue weighted by Crippen LogP contribution is 2.46. The van der Waals surface area contributed by atoms with E-state index in [-0.39, 0.29) is 10.3 Å². The average Bonchev–Trinajstić information content (AvgIpc) is 2.91. The maximum absolute atomic E-state index is 13.6. The van der Waals surface area contributed by atoms with Gasteiger partial charge in [0.2, 0.25) is 10.0 Å². The zero-order chi connectivity index (χ0) is 28.8. The molecule has 3 aromatic carbocycles. The third-order valence-corrected chi connectivity index (χ3v) is 10.1. The lowest BCUT2D eigenvalue weighted by Crippen LogP contribution is -2.43. The van der Waals surface area contributed by atoms with Gasteiger partial charge in [-0.3, -0.25) is 4.18 Å². The molecule has 3 aromatic rings. The van der Waals surface area contributed by atoms with Crippen molar-refractivity contribution >= 4 is 38.6 Å². The molecule has 0 spiro atoms. The lowest BCUT2D eigenvalue weighted by molar-refractivity contribution is 0.195. The molecular formula is C31H37ClN2O4S2. The van der Waals surface area contributed by atoms with Gasteiger partial charge in [0.1, 0.15) is 6.10 Å². The van der Waals surface area contributed by atoms with Gasteiger partial charge in [-0.25, -0.2) is 17.3 Å². The highest BCUT2D eigenvalue weighted by Gasteiger charge is 2.43. The molecule has 0 bridgehead atoms. The Bertz CT molecular complexity index is 1420. The van der Waals surface area contributed by atoms with E-state index in [1.807, 2.05) is 61.5 Å². The van der Waals surface area contributed by atoms with Crippen LogP contribution in [0.4, 0.5) is 0 Å². The first kappa shape index (κ1) is 30.6. The number of unbranched alkanes of at least 4 members (excludes halogenated alkanes) is 1. The molecule has 4 rings (SSSR count). The maximum Gasteiger partial charge on any atom is 0.285 e. The van der Waals surface area contributed by atoms with Crippen LogP contribution in [0.1, 0.15) is 75.2 Å². The van der Waals surface area contributed by atoms with Crippen LogP contribution in [0, 0.1) is 6.92 Å². The van der Waals surface area contributed by atoms with Crippen LogP contribution in [0.5, 0.6) is 0 Å². The number of hydrogen-bond acceptors (Lipinski definition) is 4. The van der Waals surface area contributed by atoms with E-state index in [9.17, 15) is 12.6 Å². The predicted octanol–water partition coefficient (Wildman–Crippen LogP) is 7.40. The minimum atomic E-state index is -3.83. The quantitative estimate of drug-likeness (QED) is 0.207. The molecule has 1 saturated carbocycles. The molecule has 0 amide bonds. The predicted molar refractivity (Wildman–Crippen MR) is 163 cm³/mol. The van der Waals surface area contributed by atoms with Crippen molar-refractivity contribution in [3.8, 4) is 0 Å². The first-order chi connectivity index (χ1) is 19.1. The summed E-state index contributed by atoms with van der Waals surface area (Å²) in [5, 5.41) is 0.671. The Morgan fingerprint density at radius 2 is 1.70 bits per heavy atom. The minimum absolute atomic E-state index is 0.160. The number of nitrogens with zero attached hydrogens (tertiary/aromatic N) is 1. The van der Waals surface area contributed by atoms with Gasteiger partial charge in [0.25, 0.3) is 11.3 Å². The second kappa shape index (κ2) is 13.5. The fraction of sp³-hybridized carbons (Fsp3) is 0.387. The fourth-order valence-electron chi connectivity index (χ4n) is 5.12. The van der Waals surface area contributed by atoms with E-state index in [0.717, 1.165) is 48.9 Å². The second-order valence-electron chi connectivity index (χ2n) is 10.5. The number of aryl methyl sites for hydroxylation is 1. The Morgan fingerprint density at radius 1 is 1.05 bits per heavy atom. The summed E-state index contributed by atoms with van der Waals surface area (Å²) in [7, 11) is -3.83.